The van der Waals surface area contributed by atoms with Gasteiger partial charge >= 0.3 is 12.0 Å². The van der Waals surface area contributed by atoms with Crippen LogP contribution < -0.4 is 20.1 Å². The fourth-order valence-electron chi connectivity index (χ4n) is 3.31. The van der Waals surface area contributed by atoms with Crippen molar-refractivity contribution in [3.8, 4) is 11.5 Å². The quantitative estimate of drug-likeness (QED) is 0.481. The van der Waals surface area contributed by atoms with Crippen LogP contribution in [0.5, 0.6) is 11.5 Å². The number of esters is 1. The minimum atomic E-state index is -0.698. The third-order valence-electron chi connectivity index (χ3n) is 4.94. The van der Waals surface area contributed by atoms with E-state index in [-0.39, 0.29) is 19.1 Å². The molecule has 0 aliphatic carbocycles. The largest absolute Gasteiger partial charge is 0.493 e. The number of benzene rings is 2. The topological polar surface area (TPSA) is 85.9 Å². The number of allylic oxidation sites excluding steroid dienone is 1. The Morgan fingerprint density at radius 1 is 1.09 bits per heavy atom. The van der Waals surface area contributed by atoms with Gasteiger partial charge in [-0.2, -0.15) is 0 Å². The fraction of sp³-hybridized carbons (Fsp3) is 0.333. The van der Waals surface area contributed by atoms with Crippen LogP contribution in [0, 0.1) is 5.92 Å². The van der Waals surface area contributed by atoms with Crippen molar-refractivity contribution in [3.05, 3.63) is 68.8 Å². The van der Waals surface area contributed by atoms with Crippen molar-refractivity contribution in [2.75, 3.05) is 13.7 Å². The monoisotopic (exact) mass is 492 g/mol. The van der Waals surface area contributed by atoms with Gasteiger partial charge < -0.3 is 24.8 Å². The molecule has 0 saturated carbocycles. The Morgan fingerprint density at radius 3 is 2.52 bits per heavy atom. The van der Waals surface area contributed by atoms with Gasteiger partial charge in [0.25, 0.3) is 0 Å². The molecule has 1 atom stereocenters. The number of hydrogen-bond donors (Lipinski definition) is 2. The van der Waals surface area contributed by atoms with E-state index in [0.717, 1.165) is 5.56 Å². The Morgan fingerprint density at radius 2 is 1.85 bits per heavy atom. The summed E-state index contributed by atoms with van der Waals surface area (Å²) in [5.74, 6) is 0.647. The second kappa shape index (κ2) is 10.8. The van der Waals surface area contributed by atoms with Crippen LogP contribution in [0.3, 0.4) is 0 Å². The van der Waals surface area contributed by atoms with Gasteiger partial charge in [-0.05, 0) is 48.2 Å². The van der Waals surface area contributed by atoms with Crippen molar-refractivity contribution in [2.24, 2.45) is 5.92 Å². The van der Waals surface area contributed by atoms with Crippen molar-refractivity contribution < 1.29 is 23.8 Å². The van der Waals surface area contributed by atoms with Crippen LogP contribution in [0.4, 0.5) is 4.79 Å². The summed E-state index contributed by atoms with van der Waals surface area (Å²) in [4.78, 5) is 24.9. The minimum Gasteiger partial charge on any atom is -0.493 e. The third-order valence-corrected chi connectivity index (χ3v) is 5.68. The molecular weight excluding hydrogens is 467 g/mol. The zero-order chi connectivity index (χ0) is 24.1. The summed E-state index contributed by atoms with van der Waals surface area (Å²) >= 11 is 12.0. The molecule has 0 radical (unpaired) electrons. The minimum absolute atomic E-state index is 0.187. The van der Waals surface area contributed by atoms with Gasteiger partial charge in [0.15, 0.2) is 11.5 Å². The van der Waals surface area contributed by atoms with Gasteiger partial charge in [-0.15, -0.1) is 0 Å². The van der Waals surface area contributed by atoms with Crippen LogP contribution in [-0.4, -0.2) is 25.7 Å². The highest BCUT2D eigenvalue weighted by Crippen LogP contribution is 2.35. The smallest absolute Gasteiger partial charge is 0.338 e. The van der Waals surface area contributed by atoms with Crippen LogP contribution in [0.15, 0.2) is 47.7 Å². The van der Waals surface area contributed by atoms with Crippen LogP contribution in [0.1, 0.15) is 37.9 Å². The van der Waals surface area contributed by atoms with Crippen LogP contribution in [-0.2, 0) is 16.1 Å². The number of carbonyl (C=O) groups is 2. The van der Waals surface area contributed by atoms with E-state index < -0.39 is 18.0 Å². The second-order valence-electron chi connectivity index (χ2n) is 8.01. The molecule has 1 aliphatic heterocycles. The fourth-order valence-corrected chi connectivity index (χ4v) is 3.63. The van der Waals surface area contributed by atoms with Gasteiger partial charge in [-0.3, -0.25) is 0 Å². The number of methoxy groups -OCH3 is 1. The zero-order valence-electron chi connectivity index (χ0n) is 18.8. The van der Waals surface area contributed by atoms with E-state index in [4.69, 9.17) is 37.4 Å². The van der Waals surface area contributed by atoms with E-state index >= 15 is 0 Å². The Hall–Kier alpha value is -2.90. The number of rotatable bonds is 8. The van der Waals surface area contributed by atoms with Gasteiger partial charge in [-0.25, -0.2) is 9.59 Å². The molecule has 2 aromatic carbocycles. The van der Waals surface area contributed by atoms with Gasteiger partial charge in [0, 0.05) is 5.70 Å². The van der Waals surface area contributed by atoms with Crippen molar-refractivity contribution in [3.63, 3.8) is 0 Å². The molecule has 1 aliphatic rings. The number of carbonyl (C=O) groups excluding carboxylic acids is 2. The van der Waals surface area contributed by atoms with Gasteiger partial charge in [0.2, 0.25) is 0 Å². The first-order valence-corrected chi connectivity index (χ1v) is 11.1. The molecular formula is C24H26Cl2N2O5. The normalized spacial score (nSPS) is 15.7. The van der Waals surface area contributed by atoms with E-state index in [1.54, 1.807) is 37.3 Å². The third kappa shape index (κ3) is 6.12. The predicted molar refractivity (Wildman–Crippen MR) is 127 cm³/mol. The predicted octanol–water partition coefficient (Wildman–Crippen LogP) is 5.41. The van der Waals surface area contributed by atoms with Crippen LogP contribution >= 0.6 is 23.2 Å². The lowest BCUT2D eigenvalue weighted by molar-refractivity contribution is -0.140. The lowest BCUT2D eigenvalue weighted by atomic mass is 9.95. The second-order valence-corrected chi connectivity index (χ2v) is 8.82. The molecule has 7 nitrogen and oxygen atoms in total. The highest BCUT2D eigenvalue weighted by molar-refractivity contribution is 6.42. The number of amides is 2. The molecule has 1 unspecified atom stereocenters. The lowest BCUT2D eigenvalue weighted by Gasteiger charge is -2.28. The molecule has 0 aromatic heterocycles. The van der Waals surface area contributed by atoms with Gasteiger partial charge in [0.1, 0.15) is 6.61 Å². The summed E-state index contributed by atoms with van der Waals surface area (Å²) in [6.07, 6.45) is 0. The zero-order valence-corrected chi connectivity index (χ0v) is 20.3. The summed E-state index contributed by atoms with van der Waals surface area (Å²) < 4.78 is 16.8. The maximum absolute atomic E-state index is 12.8. The molecule has 2 N–H and O–H groups in total. The first-order chi connectivity index (χ1) is 15.7. The van der Waals surface area contributed by atoms with E-state index in [1.807, 2.05) is 19.9 Å². The van der Waals surface area contributed by atoms with Crippen molar-refractivity contribution in [2.45, 2.75) is 33.4 Å². The molecule has 33 heavy (non-hydrogen) atoms. The van der Waals surface area contributed by atoms with Crippen molar-refractivity contribution in [1.82, 2.24) is 10.6 Å². The summed E-state index contributed by atoms with van der Waals surface area (Å²) in [5.41, 5.74) is 2.27. The maximum atomic E-state index is 12.8. The molecule has 0 bridgehead atoms. The molecule has 1 heterocycles. The molecule has 0 fully saturated rings. The standard InChI is InChI=1S/C24H26Cl2N2O5/c1-13(2)11-33-23(29)21-14(3)27-24(30)28-22(21)16-6-8-19(20(10-16)31-4)32-12-15-5-7-17(25)18(26)9-15/h5-10,13,22H,11-12H2,1-4H3,(H2,27,28,30). The molecule has 0 spiro atoms. The van der Waals surface area contributed by atoms with Crippen molar-refractivity contribution >= 4 is 35.2 Å². The molecule has 0 saturated heterocycles. The lowest BCUT2D eigenvalue weighted by Crippen LogP contribution is -2.45. The molecule has 176 valence electrons. The summed E-state index contributed by atoms with van der Waals surface area (Å²) in [6, 6.07) is 9.38. The molecule has 2 amide bonds. The van der Waals surface area contributed by atoms with E-state index in [9.17, 15) is 9.59 Å². The number of nitrogens with one attached hydrogen (secondary N) is 2. The number of halogens is 2. The summed E-state index contributed by atoms with van der Waals surface area (Å²) in [6.45, 7) is 6.11. The summed E-state index contributed by atoms with van der Waals surface area (Å²) in [7, 11) is 1.52. The molecule has 2 aromatic rings. The molecule has 3 rings (SSSR count). The Kier molecular flexibility index (Phi) is 8.10. The average Bonchev–Trinajstić information content (AvgIpc) is 2.77. The van der Waals surface area contributed by atoms with Gasteiger partial charge in [0.05, 0.1) is 35.4 Å². The number of hydrogen-bond acceptors (Lipinski definition) is 5. The Bertz CT molecular complexity index is 1080. The first-order valence-electron chi connectivity index (χ1n) is 10.4. The van der Waals surface area contributed by atoms with E-state index in [1.165, 1.54) is 7.11 Å². The van der Waals surface area contributed by atoms with Crippen LogP contribution in [0.2, 0.25) is 10.0 Å². The number of ether oxygens (including phenoxy) is 3. The Balaban J connectivity index is 1.85. The van der Waals surface area contributed by atoms with E-state index in [0.29, 0.717) is 38.4 Å². The van der Waals surface area contributed by atoms with E-state index in [2.05, 4.69) is 10.6 Å². The average molecular weight is 493 g/mol. The maximum Gasteiger partial charge on any atom is 0.338 e. The highest BCUT2D eigenvalue weighted by atomic mass is 35.5. The SMILES string of the molecule is COc1cc(C2NC(=O)NC(C)=C2C(=O)OCC(C)C)ccc1OCc1ccc(Cl)c(Cl)c1. The van der Waals surface area contributed by atoms with Gasteiger partial charge in [-0.1, -0.05) is 49.2 Å². The summed E-state index contributed by atoms with van der Waals surface area (Å²) in [5, 5.41) is 6.34. The first kappa shape index (κ1) is 24.7. The Labute approximate surface area is 203 Å². The molecule has 9 heteroatoms. The number of urea groups is 1. The van der Waals surface area contributed by atoms with Crippen LogP contribution in [0.25, 0.3) is 0 Å². The van der Waals surface area contributed by atoms with Crippen molar-refractivity contribution in [1.29, 1.82) is 0 Å². The highest BCUT2D eigenvalue weighted by Gasteiger charge is 2.33.